The molecule has 5 rings (SSSR count). The van der Waals surface area contributed by atoms with Gasteiger partial charge in [0, 0.05) is 18.0 Å². The smallest absolute Gasteiger partial charge is 0.414 e. The number of hydrogen-bond donors (Lipinski definition) is 3. The third-order valence-corrected chi connectivity index (χ3v) is 6.67. The van der Waals surface area contributed by atoms with Gasteiger partial charge in [0.05, 0.1) is 5.92 Å². The van der Waals surface area contributed by atoms with Crippen LogP contribution in [-0.2, 0) is 9.53 Å². The van der Waals surface area contributed by atoms with Crippen LogP contribution in [0.15, 0.2) is 59.1 Å². The van der Waals surface area contributed by atoms with Crippen molar-refractivity contribution in [2.24, 2.45) is 5.92 Å². The van der Waals surface area contributed by atoms with Crippen LogP contribution >= 0.6 is 0 Å². The minimum atomic E-state index is -0.847. The van der Waals surface area contributed by atoms with Gasteiger partial charge >= 0.3 is 12.1 Å². The number of benzene rings is 2. The summed E-state index contributed by atoms with van der Waals surface area (Å²) in [7, 11) is 0. The molecule has 2 unspecified atom stereocenters. The fraction of sp³-hybridized carbons (Fsp3) is 0.308. The Morgan fingerprint density at radius 1 is 1.03 bits per heavy atom. The van der Waals surface area contributed by atoms with Crippen LogP contribution in [0.2, 0.25) is 0 Å². The van der Waals surface area contributed by atoms with Crippen LogP contribution in [-0.4, -0.2) is 40.9 Å². The summed E-state index contributed by atoms with van der Waals surface area (Å²) in [6, 6.07) is 17.2. The van der Waals surface area contributed by atoms with Crippen molar-refractivity contribution in [1.82, 2.24) is 10.5 Å². The number of rotatable bonds is 6. The SMILES string of the molecule is O=C(Nc1cc(C(=O)NC2CCCC(C(=O)O)C2)no1)OCC1c2ccccc2-c2ccccc21. The van der Waals surface area contributed by atoms with Gasteiger partial charge in [-0.1, -0.05) is 60.1 Å². The standard InChI is InChI=1S/C26H25N3O6/c30-24(27-16-7-5-6-15(12-16)25(31)32)22-13-23(35-29-22)28-26(33)34-14-21-19-10-3-1-8-17(19)18-9-2-4-11-20(18)21/h1-4,8-11,13,15-16,21H,5-7,12,14H2,(H,27,30)(H,28,33)(H,31,32). The van der Waals surface area contributed by atoms with Gasteiger partial charge in [0.2, 0.25) is 5.88 Å². The number of aliphatic carboxylic acids is 1. The van der Waals surface area contributed by atoms with Gasteiger partial charge in [-0.15, -0.1) is 0 Å². The topological polar surface area (TPSA) is 131 Å². The Morgan fingerprint density at radius 2 is 1.71 bits per heavy atom. The second-order valence-corrected chi connectivity index (χ2v) is 8.90. The van der Waals surface area contributed by atoms with Crippen molar-refractivity contribution in [3.8, 4) is 11.1 Å². The first-order valence-electron chi connectivity index (χ1n) is 11.6. The molecule has 2 aliphatic rings. The molecule has 0 radical (unpaired) electrons. The van der Waals surface area contributed by atoms with E-state index in [1.165, 1.54) is 6.07 Å². The van der Waals surface area contributed by atoms with Crippen LogP contribution in [0.1, 0.15) is 53.2 Å². The molecule has 180 valence electrons. The van der Waals surface area contributed by atoms with Crippen LogP contribution in [0.3, 0.4) is 0 Å². The van der Waals surface area contributed by atoms with Crippen molar-refractivity contribution in [3.05, 3.63) is 71.4 Å². The van der Waals surface area contributed by atoms with E-state index in [9.17, 15) is 19.5 Å². The number of fused-ring (bicyclic) bond motifs is 3. The Balaban J connectivity index is 1.17. The largest absolute Gasteiger partial charge is 0.481 e. The highest BCUT2D eigenvalue weighted by Crippen LogP contribution is 2.44. The summed E-state index contributed by atoms with van der Waals surface area (Å²) < 4.78 is 10.5. The first-order chi connectivity index (χ1) is 17.0. The average Bonchev–Trinajstić information content (AvgIpc) is 3.46. The maximum absolute atomic E-state index is 12.5. The van der Waals surface area contributed by atoms with Gasteiger partial charge in [0.1, 0.15) is 6.61 Å². The van der Waals surface area contributed by atoms with Crippen molar-refractivity contribution in [1.29, 1.82) is 0 Å². The Hall–Kier alpha value is -4.14. The molecule has 3 N–H and O–H groups in total. The summed E-state index contributed by atoms with van der Waals surface area (Å²) >= 11 is 0. The number of carboxylic acid groups (broad SMARTS) is 1. The fourth-order valence-electron chi connectivity index (χ4n) is 4.98. The highest BCUT2D eigenvalue weighted by molar-refractivity contribution is 5.94. The lowest BCUT2D eigenvalue weighted by atomic mass is 9.86. The molecule has 3 aromatic rings. The second-order valence-electron chi connectivity index (χ2n) is 8.90. The van der Waals surface area contributed by atoms with Gasteiger partial charge in [0.15, 0.2) is 5.69 Å². The van der Waals surface area contributed by atoms with E-state index in [0.717, 1.165) is 28.7 Å². The Labute approximate surface area is 201 Å². The Bertz CT molecular complexity index is 1220. The number of aromatic nitrogens is 1. The number of anilines is 1. The van der Waals surface area contributed by atoms with E-state index in [4.69, 9.17) is 9.26 Å². The van der Waals surface area contributed by atoms with Gasteiger partial charge in [-0.3, -0.25) is 14.9 Å². The van der Waals surface area contributed by atoms with E-state index in [0.29, 0.717) is 19.3 Å². The lowest BCUT2D eigenvalue weighted by Gasteiger charge is -2.26. The van der Waals surface area contributed by atoms with Crippen LogP contribution in [0.5, 0.6) is 0 Å². The first kappa shape index (κ1) is 22.6. The predicted octanol–water partition coefficient (Wildman–Crippen LogP) is 4.41. The predicted molar refractivity (Wildman–Crippen MR) is 126 cm³/mol. The van der Waals surface area contributed by atoms with Crippen LogP contribution < -0.4 is 10.6 Å². The lowest BCUT2D eigenvalue weighted by Crippen LogP contribution is -2.40. The molecule has 1 fully saturated rings. The molecule has 2 aliphatic carbocycles. The maximum Gasteiger partial charge on any atom is 0.414 e. The quantitative estimate of drug-likeness (QED) is 0.481. The minimum Gasteiger partial charge on any atom is -0.481 e. The zero-order chi connectivity index (χ0) is 24.4. The molecule has 35 heavy (non-hydrogen) atoms. The van der Waals surface area contributed by atoms with E-state index in [2.05, 4.69) is 27.9 Å². The van der Waals surface area contributed by atoms with Gasteiger partial charge in [-0.2, -0.15) is 0 Å². The highest BCUT2D eigenvalue weighted by Gasteiger charge is 2.30. The van der Waals surface area contributed by atoms with E-state index >= 15 is 0 Å². The second kappa shape index (κ2) is 9.61. The summed E-state index contributed by atoms with van der Waals surface area (Å²) in [4.78, 5) is 36.1. The number of carbonyl (C=O) groups is 3. The van der Waals surface area contributed by atoms with Crippen molar-refractivity contribution < 1.29 is 28.8 Å². The van der Waals surface area contributed by atoms with Crippen LogP contribution in [0.25, 0.3) is 11.1 Å². The average molecular weight is 476 g/mol. The van der Waals surface area contributed by atoms with E-state index in [1.54, 1.807) is 0 Å². The molecule has 0 saturated heterocycles. The number of amides is 2. The van der Waals surface area contributed by atoms with Crippen LogP contribution in [0, 0.1) is 5.92 Å². The normalized spacial score (nSPS) is 18.9. The summed E-state index contributed by atoms with van der Waals surface area (Å²) in [5, 5.41) is 18.2. The van der Waals surface area contributed by atoms with Crippen molar-refractivity contribution in [2.45, 2.75) is 37.6 Å². The molecule has 0 spiro atoms. The minimum absolute atomic E-state index is 0.00334. The van der Waals surface area contributed by atoms with E-state index < -0.39 is 23.9 Å². The van der Waals surface area contributed by atoms with E-state index in [1.807, 2.05) is 36.4 Å². The number of carboxylic acids is 1. The number of ether oxygens (including phenoxy) is 1. The first-order valence-corrected chi connectivity index (χ1v) is 11.6. The lowest BCUT2D eigenvalue weighted by molar-refractivity contribution is -0.143. The summed E-state index contributed by atoms with van der Waals surface area (Å²) in [6.07, 6.45) is 1.71. The summed E-state index contributed by atoms with van der Waals surface area (Å²) in [5.74, 6) is -1.88. The molecular weight excluding hydrogens is 450 g/mol. The third kappa shape index (κ3) is 4.75. The maximum atomic E-state index is 12.5. The van der Waals surface area contributed by atoms with Gasteiger partial charge in [-0.25, -0.2) is 4.79 Å². The number of carbonyl (C=O) groups excluding carboxylic acids is 2. The third-order valence-electron chi connectivity index (χ3n) is 6.67. The Kier molecular flexibility index (Phi) is 6.22. The molecule has 0 bridgehead atoms. The monoisotopic (exact) mass is 475 g/mol. The Morgan fingerprint density at radius 3 is 2.40 bits per heavy atom. The summed E-state index contributed by atoms with van der Waals surface area (Å²) in [6.45, 7) is 0.147. The summed E-state index contributed by atoms with van der Waals surface area (Å²) in [5.41, 5.74) is 4.48. The van der Waals surface area contributed by atoms with Crippen molar-refractivity contribution in [2.75, 3.05) is 11.9 Å². The number of nitrogens with one attached hydrogen (secondary N) is 2. The van der Waals surface area contributed by atoms with Crippen LogP contribution in [0.4, 0.5) is 10.7 Å². The van der Waals surface area contributed by atoms with Crippen molar-refractivity contribution in [3.63, 3.8) is 0 Å². The molecule has 1 heterocycles. The molecule has 1 saturated carbocycles. The van der Waals surface area contributed by atoms with E-state index in [-0.39, 0.29) is 30.1 Å². The molecule has 2 amide bonds. The highest BCUT2D eigenvalue weighted by atomic mass is 16.6. The molecule has 9 nitrogen and oxygen atoms in total. The molecular formula is C26H25N3O6. The molecule has 2 aromatic carbocycles. The molecule has 2 atom stereocenters. The zero-order valence-electron chi connectivity index (χ0n) is 18.9. The molecule has 1 aromatic heterocycles. The molecule has 0 aliphatic heterocycles. The van der Waals surface area contributed by atoms with Gasteiger partial charge in [-0.05, 0) is 41.5 Å². The van der Waals surface area contributed by atoms with Gasteiger partial charge in [0.25, 0.3) is 5.91 Å². The number of hydrogen-bond acceptors (Lipinski definition) is 6. The van der Waals surface area contributed by atoms with Crippen molar-refractivity contribution >= 4 is 23.9 Å². The fourth-order valence-corrected chi connectivity index (χ4v) is 4.98. The number of nitrogens with zero attached hydrogens (tertiary/aromatic N) is 1. The molecule has 9 heteroatoms. The zero-order valence-corrected chi connectivity index (χ0v) is 18.9. The van der Waals surface area contributed by atoms with Gasteiger partial charge < -0.3 is 19.7 Å².